The second-order valence-electron chi connectivity index (χ2n) is 12.1. The number of aromatic hydroxyl groups is 1. The third-order valence-corrected chi connectivity index (χ3v) is 9.30. The number of rotatable bonds is 6. The van der Waals surface area contributed by atoms with Crippen LogP contribution in [0.5, 0.6) is 11.5 Å². The van der Waals surface area contributed by atoms with Crippen molar-refractivity contribution < 1.29 is 43.7 Å². The maximum absolute atomic E-state index is 14.1. The van der Waals surface area contributed by atoms with E-state index in [-0.39, 0.29) is 36.3 Å². The van der Waals surface area contributed by atoms with Gasteiger partial charge in [0.05, 0.1) is 17.5 Å². The SMILES string of the molecule is CN(C)c1cc(CNC(=O)Oc2ccc(Cl)cc2)c(O)c2c1C[C@@H]1C[C@@H]3[C@@H](N(C)C)C(=O)C(C(N)=O)C(=O)[C@]3(O)C(=O)C1C2=O. The zero-order valence-electron chi connectivity index (χ0n) is 25.0. The normalized spacial score (nSPS) is 27.4. The van der Waals surface area contributed by atoms with Crippen LogP contribution in [0.1, 0.15) is 27.9 Å². The van der Waals surface area contributed by atoms with Crippen molar-refractivity contribution in [1.82, 2.24) is 10.2 Å². The zero-order chi connectivity index (χ0) is 33.1. The van der Waals surface area contributed by atoms with Crippen molar-refractivity contribution in [3.05, 3.63) is 52.0 Å². The van der Waals surface area contributed by atoms with Gasteiger partial charge in [0.25, 0.3) is 0 Å². The Morgan fingerprint density at radius 1 is 1.09 bits per heavy atom. The van der Waals surface area contributed by atoms with Gasteiger partial charge in [0, 0.05) is 42.8 Å². The summed E-state index contributed by atoms with van der Waals surface area (Å²) in [6, 6.07) is 6.50. The summed E-state index contributed by atoms with van der Waals surface area (Å²) < 4.78 is 5.22. The van der Waals surface area contributed by atoms with E-state index in [0.29, 0.717) is 16.3 Å². The Morgan fingerprint density at radius 3 is 2.31 bits per heavy atom. The number of hydrogen-bond acceptors (Lipinski definition) is 11. The summed E-state index contributed by atoms with van der Waals surface area (Å²) in [7, 11) is 6.50. The quantitative estimate of drug-likeness (QED) is 0.327. The van der Waals surface area contributed by atoms with Gasteiger partial charge in [0.1, 0.15) is 11.5 Å². The number of carbonyl (C=O) groups excluding carboxylic acids is 6. The minimum atomic E-state index is -2.82. The third kappa shape index (κ3) is 5.14. The molecule has 0 saturated heterocycles. The molecule has 5 rings (SSSR count). The number of carbonyl (C=O) groups is 6. The van der Waals surface area contributed by atoms with E-state index in [4.69, 9.17) is 22.1 Å². The molecule has 0 spiro atoms. The summed E-state index contributed by atoms with van der Waals surface area (Å²) >= 11 is 5.86. The number of phenolic OH excluding ortho intramolecular Hbond substituents is 1. The third-order valence-electron chi connectivity index (χ3n) is 9.05. The largest absolute Gasteiger partial charge is 0.507 e. The van der Waals surface area contributed by atoms with E-state index in [9.17, 15) is 39.0 Å². The molecular weight excluding hydrogens is 608 g/mol. The van der Waals surface area contributed by atoms with Gasteiger partial charge < -0.3 is 30.9 Å². The predicted octanol–water partition coefficient (Wildman–Crippen LogP) is 0.875. The molecule has 2 amide bonds. The number of nitrogens with zero attached hydrogens (tertiary/aromatic N) is 2. The van der Waals surface area contributed by atoms with Crippen molar-refractivity contribution in [2.24, 2.45) is 29.4 Å². The number of fused-ring (bicyclic) bond motifs is 3. The Morgan fingerprint density at radius 2 is 1.73 bits per heavy atom. The zero-order valence-corrected chi connectivity index (χ0v) is 25.8. The lowest BCUT2D eigenvalue weighted by Gasteiger charge is -2.52. The number of Topliss-reactive ketones (excluding diaryl/α,β-unsaturated/α-hetero) is 4. The van der Waals surface area contributed by atoms with Gasteiger partial charge in [-0.3, -0.25) is 28.9 Å². The van der Waals surface area contributed by atoms with Crippen LogP contribution in [-0.4, -0.2) is 90.1 Å². The highest BCUT2D eigenvalue weighted by molar-refractivity contribution is 6.32. The molecule has 0 aromatic heterocycles. The number of nitrogens with two attached hydrogens (primary N) is 1. The first-order chi connectivity index (χ1) is 21.1. The van der Waals surface area contributed by atoms with Gasteiger partial charge in [0.15, 0.2) is 34.7 Å². The highest BCUT2D eigenvalue weighted by Crippen LogP contribution is 2.52. The highest BCUT2D eigenvalue weighted by Gasteiger charge is 2.69. The fraction of sp³-hybridized carbons (Fsp3) is 0.419. The summed E-state index contributed by atoms with van der Waals surface area (Å²) in [5, 5.41) is 26.1. The Bertz CT molecular complexity index is 1640. The molecule has 2 aromatic carbocycles. The van der Waals surface area contributed by atoms with Crippen LogP contribution in [0.3, 0.4) is 0 Å². The smallest absolute Gasteiger partial charge is 0.412 e. The molecular formula is C31H33ClN4O9. The van der Waals surface area contributed by atoms with E-state index in [1.807, 2.05) is 0 Å². The van der Waals surface area contributed by atoms with Crippen LogP contribution in [0.4, 0.5) is 10.5 Å². The van der Waals surface area contributed by atoms with Crippen molar-refractivity contribution in [1.29, 1.82) is 0 Å². The van der Waals surface area contributed by atoms with Crippen molar-refractivity contribution in [2.75, 3.05) is 33.1 Å². The molecule has 6 atom stereocenters. The van der Waals surface area contributed by atoms with Crippen LogP contribution in [0, 0.1) is 23.7 Å². The number of primary amides is 1. The lowest BCUT2D eigenvalue weighted by molar-refractivity contribution is -0.181. The number of aliphatic hydroxyl groups is 1. The van der Waals surface area contributed by atoms with E-state index in [2.05, 4.69) is 5.32 Å². The van der Waals surface area contributed by atoms with Crippen LogP contribution >= 0.6 is 11.6 Å². The summed E-state index contributed by atoms with van der Waals surface area (Å²) in [6.45, 7) is -0.251. The molecule has 0 bridgehead atoms. The van der Waals surface area contributed by atoms with Crippen molar-refractivity contribution in [2.45, 2.75) is 31.0 Å². The second kappa shape index (κ2) is 11.5. The summed E-state index contributed by atoms with van der Waals surface area (Å²) in [4.78, 5) is 82.7. The molecule has 2 unspecified atom stereocenters. The van der Waals surface area contributed by atoms with E-state index in [0.717, 1.165) is 0 Å². The number of halogens is 1. The number of likely N-dealkylation sites (N-methyl/N-ethyl adjacent to an activating group) is 1. The molecule has 238 valence electrons. The van der Waals surface area contributed by atoms with Crippen LogP contribution in [0.2, 0.25) is 5.02 Å². The Labute approximate surface area is 263 Å². The average molecular weight is 641 g/mol. The van der Waals surface area contributed by atoms with E-state index >= 15 is 0 Å². The number of phenols is 1. The fourth-order valence-corrected chi connectivity index (χ4v) is 7.18. The van der Waals surface area contributed by atoms with Crippen LogP contribution in [0.25, 0.3) is 0 Å². The summed E-state index contributed by atoms with van der Waals surface area (Å²) in [5.74, 6) is -11.1. The molecule has 3 aliphatic rings. The van der Waals surface area contributed by atoms with Crippen molar-refractivity contribution in [3.8, 4) is 11.5 Å². The number of ether oxygens (including phenoxy) is 1. The molecule has 3 aliphatic carbocycles. The van der Waals surface area contributed by atoms with Crippen molar-refractivity contribution >= 4 is 52.4 Å². The van der Waals surface area contributed by atoms with Gasteiger partial charge in [-0.1, -0.05) is 11.6 Å². The number of anilines is 1. The Balaban J connectivity index is 1.51. The van der Waals surface area contributed by atoms with Gasteiger partial charge in [-0.05, 0) is 68.8 Å². The molecule has 2 saturated carbocycles. The molecule has 0 heterocycles. The number of amides is 2. The van der Waals surface area contributed by atoms with E-state index < -0.39 is 76.2 Å². The van der Waals surface area contributed by atoms with Crippen molar-refractivity contribution in [3.63, 3.8) is 0 Å². The monoisotopic (exact) mass is 640 g/mol. The lowest BCUT2D eigenvalue weighted by atomic mass is 9.52. The average Bonchev–Trinajstić information content (AvgIpc) is 2.95. The first-order valence-corrected chi connectivity index (χ1v) is 14.6. The van der Waals surface area contributed by atoms with E-state index in [1.54, 1.807) is 37.2 Å². The number of benzene rings is 2. The maximum atomic E-state index is 14.1. The van der Waals surface area contributed by atoms with Gasteiger partial charge in [0.2, 0.25) is 5.91 Å². The maximum Gasteiger partial charge on any atom is 0.412 e. The standard InChI is InChI=1S/C31H33ClN4O9/c1-35(2)19-11-14(12-34-30(43)45-16-7-5-15(32)6-8-16)24(37)21-17(19)9-13-10-18-23(36(3)4)26(39)22(29(33)42)28(41)31(18,44)27(40)20(13)25(21)38/h5-8,11,13,18,20,22-23,37,44H,9-10,12H2,1-4H3,(H2,33,42)(H,34,43)/t13-,18-,20?,22?,23-,31-/m1/s1. The minimum absolute atomic E-state index is 0.0582. The first kappa shape index (κ1) is 32.1. The molecule has 45 heavy (non-hydrogen) atoms. The molecule has 13 nitrogen and oxygen atoms in total. The van der Waals surface area contributed by atoms with Gasteiger partial charge in [-0.25, -0.2) is 4.79 Å². The topological polar surface area (TPSA) is 197 Å². The fourth-order valence-electron chi connectivity index (χ4n) is 7.05. The number of ketones is 4. The van der Waals surface area contributed by atoms with E-state index in [1.165, 1.54) is 31.1 Å². The van der Waals surface area contributed by atoms with Crippen LogP contribution < -0.4 is 20.7 Å². The Kier molecular flexibility index (Phi) is 8.23. The molecule has 5 N–H and O–H groups in total. The van der Waals surface area contributed by atoms with Gasteiger partial charge in [-0.2, -0.15) is 0 Å². The molecule has 14 heteroatoms. The van der Waals surface area contributed by atoms with Gasteiger partial charge >= 0.3 is 6.09 Å². The number of hydrogen-bond donors (Lipinski definition) is 4. The number of nitrogens with one attached hydrogen (secondary N) is 1. The predicted molar refractivity (Wildman–Crippen MR) is 160 cm³/mol. The molecule has 2 fully saturated rings. The lowest BCUT2D eigenvalue weighted by Crippen LogP contribution is -2.74. The molecule has 0 radical (unpaired) electrons. The van der Waals surface area contributed by atoms with Gasteiger partial charge in [-0.15, -0.1) is 0 Å². The minimum Gasteiger partial charge on any atom is -0.507 e. The first-order valence-electron chi connectivity index (χ1n) is 14.2. The molecule has 0 aliphatic heterocycles. The highest BCUT2D eigenvalue weighted by atomic mass is 35.5. The summed E-state index contributed by atoms with van der Waals surface area (Å²) in [6.07, 6.45) is -0.788. The second-order valence-corrected chi connectivity index (χ2v) is 12.6. The summed E-state index contributed by atoms with van der Waals surface area (Å²) in [5.41, 5.74) is 3.52. The Hall–Kier alpha value is -4.33. The van der Waals surface area contributed by atoms with Crippen LogP contribution in [0.15, 0.2) is 30.3 Å². The molecule has 2 aromatic rings. The van der Waals surface area contributed by atoms with Crippen LogP contribution in [-0.2, 0) is 32.1 Å².